The number of nitrogens with zero attached hydrogens (tertiary/aromatic N) is 4. The van der Waals surface area contributed by atoms with Gasteiger partial charge in [0.1, 0.15) is 17.9 Å². The molecule has 0 unspecified atom stereocenters. The second kappa shape index (κ2) is 20.5. The van der Waals surface area contributed by atoms with Crippen LogP contribution in [-0.4, -0.2) is 47.8 Å². The molecule has 3 heterocycles. The lowest BCUT2D eigenvalue weighted by Crippen LogP contribution is -2.32. The van der Waals surface area contributed by atoms with Crippen LogP contribution in [-0.2, 0) is 40.7 Å². The van der Waals surface area contributed by atoms with Crippen LogP contribution in [0.4, 0.5) is 43.4 Å². The number of hydrogen-bond acceptors (Lipinski definition) is 9. The van der Waals surface area contributed by atoms with E-state index in [1.165, 1.54) is 55.8 Å². The Morgan fingerprint density at radius 1 is 0.926 bits per heavy atom. The lowest BCUT2D eigenvalue weighted by atomic mass is 10.0. The number of nitrogens with two attached hydrogens (primary N) is 1. The maximum absolute atomic E-state index is 14.0. The predicted octanol–water partition coefficient (Wildman–Crippen LogP) is 8.39. The lowest BCUT2D eigenvalue weighted by Gasteiger charge is -2.23. The maximum atomic E-state index is 14.0. The van der Waals surface area contributed by atoms with Gasteiger partial charge in [-0.15, -0.1) is 0 Å². The van der Waals surface area contributed by atoms with Crippen LogP contribution in [0.2, 0.25) is 0 Å². The average Bonchev–Trinajstić information content (AvgIpc) is 3.28. The second-order valence-electron chi connectivity index (χ2n) is 11.1. The Hall–Kier alpha value is -5.74. The molecule has 0 fully saturated rings. The number of anilines is 2. The van der Waals surface area contributed by atoms with Gasteiger partial charge in [-0.05, 0) is 41.8 Å². The van der Waals surface area contributed by atoms with E-state index in [9.17, 15) is 46.0 Å². The fourth-order valence-corrected chi connectivity index (χ4v) is 4.94. The molecule has 17 heteroatoms. The number of nitrogen functional groups attached to an aromatic ring is 1. The first-order valence-corrected chi connectivity index (χ1v) is 15.9. The number of hydrogen-bond donors (Lipinski definition) is 1. The van der Waals surface area contributed by atoms with E-state index in [0.717, 1.165) is 26.0 Å². The monoisotopic (exact) mass is 767 g/mol. The van der Waals surface area contributed by atoms with Gasteiger partial charge in [-0.2, -0.15) is 0 Å². The third-order valence-electron chi connectivity index (χ3n) is 7.38. The molecule has 0 spiro atoms. The topological polar surface area (TPSA) is 151 Å². The molecule has 1 amide bonds. The van der Waals surface area contributed by atoms with Crippen molar-refractivity contribution < 1.29 is 50.3 Å². The van der Waals surface area contributed by atoms with Gasteiger partial charge in [0.2, 0.25) is 17.7 Å². The molecular formula is C37H43F6N5O6. The highest BCUT2D eigenvalue weighted by molar-refractivity contribution is 5.95. The third kappa shape index (κ3) is 12.2. The number of ether oxygens (including phenoxy) is 2. The number of nitro groups is 1. The number of fused-ring (bicyclic) bond motifs is 1. The van der Waals surface area contributed by atoms with Crippen molar-refractivity contribution in [2.24, 2.45) is 0 Å². The van der Waals surface area contributed by atoms with Crippen LogP contribution >= 0.6 is 0 Å². The van der Waals surface area contributed by atoms with Gasteiger partial charge in [-0.1, -0.05) is 39.5 Å². The number of nitro benzene ring substituents is 1. The van der Waals surface area contributed by atoms with Crippen LogP contribution in [0.3, 0.4) is 0 Å². The average molecular weight is 768 g/mol. The van der Waals surface area contributed by atoms with Gasteiger partial charge in [0.25, 0.3) is 17.5 Å². The first-order chi connectivity index (χ1) is 24.9. The first-order valence-electron chi connectivity index (χ1n) is 15.9. The molecule has 2 N–H and O–H groups in total. The van der Waals surface area contributed by atoms with Crippen LogP contribution < -0.4 is 20.1 Å². The number of amides is 1. The van der Waals surface area contributed by atoms with E-state index < -0.39 is 28.1 Å². The number of methoxy groups -OCH3 is 2. The highest BCUT2D eigenvalue weighted by Crippen LogP contribution is 2.36. The molecular weight excluding hydrogens is 724 g/mol. The van der Waals surface area contributed by atoms with Crippen molar-refractivity contribution >= 4 is 29.3 Å². The Morgan fingerprint density at radius 3 is 2.00 bits per heavy atom. The van der Waals surface area contributed by atoms with Crippen molar-refractivity contribution in [3.05, 3.63) is 110 Å². The second-order valence-corrected chi connectivity index (χ2v) is 11.1. The normalized spacial score (nSPS) is 12.1. The molecule has 294 valence electrons. The van der Waals surface area contributed by atoms with Crippen molar-refractivity contribution in [2.45, 2.75) is 66.2 Å². The standard InChI is InChI=1S/C18H17F3N2O2.C8H10F2N2O.C8H6FNO3.C2H6.CH4/c1-18(20,21)14-9-12(10-22-17(14)25-2)23-7-6-13-11(8-16(23)24)4-3-5-15(13)19;1-8(9,10)6-3-5(11)4-12-7(6)13-2;9-7-2-1-3-8(10(12)13)6(7)4-5-11;1-2;/h3-5,9-10H,6-8H2,1-2H3;3-4H,11H2,1-2H3;1-3,5H,4H2;1-2H3;1H4. The Bertz CT molecular complexity index is 1890. The van der Waals surface area contributed by atoms with Gasteiger partial charge in [-0.25, -0.2) is 36.3 Å². The highest BCUT2D eigenvalue weighted by Gasteiger charge is 2.32. The van der Waals surface area contributed by atoms with Crippen LogP contribution in [0.1, 0.15) is 62.9 Å². The van der Waals surface area contributed by atoms with Crippen LogP contribution in [0, 0.1) is 21.7 Å². The number of rotatable bonds is 8. The summed E-state index contributed by atoms with van der Waals surface area (Å²) in [5.41, 5.74) is 5.66. The van der Waals surface area contributed by atoms with E-state index in [4.69, 9.17) is 10.5 Å². The number of alkyl halides is 4. The zero-order valence-electron chi connectivity index (χ0n) is 29.8. The number of pyridine rings is 2. The number of aldehydes is 1. The molecule has 54 heavy (non-hydrogen) atoms. The molecule has 4 aromatic rings. The van der Waals surface area contributed by atoms with Gasteiger partial charge in [0.15, 0.2) is 0 Å². The molecule has 0 atom stereocenters. The molecule has 0 radical (unpaired) electrons. The minimum atomic E-state index is -3.17. The summed E-state index contributed by atoms with van der Waals surface area (Å²) < 4.78 is 89.9. The van der Waals surface area contributed by atoms with Crippen molar-refractivity contribution in [3.8, 4) is 11.8 Å². The first kappa shape index (κ1) is 46.3. The predicted molar refractivity (Wildman–Crippen MR) is 192 cm³/mol. The van der Waals surface area contributed by atoms with Gasteiger partial charge < -0.3 is 24.9 Å². The van der Waals surface area contributed by atoms with Crippen molar-refractivity contribution in [1.29, 1.82) is 0 Å². The summed E-state index contributed by atoms with van der Waals surface area (Å²) in [5, 5.41) is 10.4. The molecule has 5 rings (SSSR count). The molecule has 0 bridgehead atoms. The summed E-state index contributed by atoms with van der Waals surface area (Å²) in [6.07, 6.45) is 3.06. The molecule has 11 nitrogen and oxygen atoms in total. The fraction of sp³-hybridized carbons (Fsp3) is 0.351. The highest BCUT2D eigenvalue weighted by atomic mass is 19.3. The zero-order valence-corrected chi connectivity index (χ0v) is 29.8. The SMILES string of the molecule is C.CC.COc1ncc(N)cc1C(C)(F)F.COc1ncc(N2CCc3c(F)cccc3CC2=O)cc1C(C)(F)F.O=CCc1c(F)cccc1[N+](=O)[O-]. The van der Waals surface area contributed by atoms with E-state index in [2.05, 4.69) is 14.7 Å². The molecule has 0 saturated carbocycles. The summed E-state index contributed by atoms with van der Waals surface area (Å²) in [6, 6.07) is 10.5. The molecule has 0 saturated heterocycles. The molecule has 2 aromatic heterocycles. The lowest BCUT2D eigenvalue weighted by molar-refractivity contribution is -0.385. The van der Waals surface area contributed by atoms with Gasteiger partial charge in [0.05, 0.1) is 66.0 Å². The van der Waals surface area contributed by atoms with Gasteiger partial charge in [0, 0.05) is 32.9 Å². The number of halogens is 6. The quantitative estimate of drug-likeness (QED) is 0.0807. The molecule has 1 aliphatic rings. The molecule has 0 aliphatic carbocycles. The summed E-state index contributed by atoms with van der Waals surface area (Å²) in [7, 11) is 2.54. The minimum Gasteiger partial charge on any atom is -0.481 e. The largest absolute Gasteiger partial charge is 0.481 e. The van der Waals surface area contributed by atoms with Crippen LogP contribution in [0.15, 0.2) is 60.9 Å². The number of aromatic nitrogens is 2. The zero-order chi connectivity index (χ0) is 40.1. The van der Waals surface area contributed by atoms with Crippen LogP contribution in [0.25, 0.3) is 0 Å². The summed E-state index contributed by atoms with van der Waals surface area (Å²) in [4.78, 5) is 41.2. The number of carbonyl (C=O) groups is 2. The van der Waals surface area contributed by atoms with Gasteiger partial charge in [-0.3, -0.25) is 14.9 Å². The van der Waals surface area contributed by atoms with E-state index in [0.29, 0.717) is 23.8 Å². The third-order valence-corrected chi connectivity index (χ3v) is 7.38. The Balaban J connectivity index is 0.000000428. The van der Waals surface area contributed by atoms with Crippen molar-refractivity contribution in [3.63, 3.8) is 0 Å². The van der Waals surface area contributed by atoms with Crippen molar-refractivity contribution in [1.82, 2.24) is 9.97 Å². The molecule has 2 aromatic carbocycles. The molecule has 1 aliphatic heterocycles. The summed E-state index contributed by atoms with van der Waals surface area (Å²) in [5.74, 6) is -7.81. The fourth-order valence-electron chi connectivity index (χ4n) is 4.94. The van der Waals surface area contributed by atoms with E-state index in [-0.39, 0.29) is 78.5 Å². The summed E-state index contributed by atoms with van der Waals surface area (Å²) in [6.45, 7) is 5.70. The number of benzene rings is 2. The Labute approximate surface area is 309 Å². The van der Waals surface area contributed by atoms with Crippen LogP contribution in [0.5, 0.6) is 11.8 Å². The number of carbonyl (C=O) groups excluding carboxylic acids is 2. The van der Waals surface area contributed by atoms with E-state index in [1.54, 1.807) is 12.1 Å². The van der Waals surface area contributed by atoms with Gasteiger partial charge >= 0.3 is 0 Å². The summed E-state index contributed by atoms with van der Waals surface area (Å²) >= 11 is 0. The smallest absolute Gasteiger partial charge is 0.275 e. The minimum absolute atomic E-state index is 0. The van der Waals surface area contributed by atoms with E-state index >= 15 is 0 Å². The maximum Gasteiger partial charge on any atom is 0.275 e. The van der Waals surface area contributed by atoms with Crippen molar-refractivity contribution in [2.75, 3.05) is 31.4 Å². The Kier molecular flexibility index (Phi) is 17.6. The Morgan fingerprint density at radius 2 is 1.46 bits per heavy atom. The van der Waals surface area contributed by atoms with E-state index in [1.807, 2.05) is 13.8 Å².